The number of thioether (sulfide) groups is 1. The van der Waals surface area contributed by atoms with Crippen molar-refractivity contribution < 1.29 is 4.74 Å². The molecule has 0 bridgehead atoms. The molecule has 0 spiro atoms. The molecule has 0 aliphatic heterocycles. The fraction of sp³-hybridized carbons (Fsp3) is 0.118. The lowest BCUT2D eigenvalue weighted by atomic mass is 10.2. The third-order valence-corrected chi connectivity index (χ3v) is 4.50. The van der Waals surface area contributed by atoms with Crippen molar-refractivity contribution in [2.24, 2.45) is 5.10 Å². The van der Waals surface area contributed by atoms with Gasteiger partial charge in [0.2, 0.25) is 5.16 Å². The van der Waals surface area contributed by atoms with Crippen molar-refractivity contribution in [3.05, 3.63) is 58.1 Å². The van der Waals surface area contributed by atoms with Crippen LogP contribution in [0.5, 0.6) is 5.75 Å². The highest BCUT2D eigenvalue weighted by Gasteiger charge is 2.13. The van der Waals surface area contributed by atoms with Gasteiger partial charge in [0, 0.05) is 16.1 Å². The van der Waals surface area contributed by atoms with Gasteiger partial charge in [0.1, 0.15) is 5.75 Å². The second-order valence-corrected chi connectivity index (χ2v) is 6.56. The highest BCUT2D eigenvalue weighted by molar-refractivity contribution is 7.98. The van der Waals surface area contributed by atoms with Crippen LogP contribution in [0.15, 0.2) is 52.7 Å². The van der Waals surface area contributed by atoms with Crippen LogP contribution in [0, 0.1) is 0 Å². The monoisotopic (exact) mass is 392 g/mol. The Morgan fingerprint density at radius 1 is 1.16 bits per heavy atom. The van der Waals surface area contributed by atoms with E-state index in [9.17, 15) is 0 Å². The molecule has 0 fully saturated rings. The summed E-state index contributed by atoms with van der Waals surface area (Å²) in [5.74, 6) is 1.16. The number of halogens is 2. The van der Waals surface area contributed by atoms with Crippen LogP contribution in [0.1, 0.15) is 5.56 Å². The summed E-state index contributed by atoms with van der Waals surface area (Å²) in [7, 11) is 1.55. The standard InChI is InChI=1S/C17H14Cl2N4OS/c1-24-15-12(8-13(18)9-14(15)19)10-20-23-16(21-22-17(23)25-2)11-6-4-3-5-7-11/h3-10H,1-2H3. The molecule has 3 aromatic rings. The molecule has 3 rings (SSSR count). The van der Waals surface area contributed by atoms with Crippen molar-refractivity contribution in [1.29, 1.82) is 0 Å². The first-order valence-corrected chi connectivity index (χ1v) is 9.24. The van der Waals surface area contributed by atoms with E-state index in [-0.39, 0.29) is 0 Å². The zero-order valence-electron chi connectivity index (χ0n) is 13.5. The summed E-state index contributed by atoms with van der Waals surface area (Å²) in [4.78, 5) is 0. The van der Waals surface area contributed by atoms with Gasteiger partial charge in [-0.3, -0.25) is 0 Å². The summed E-state index contributed by atoms with van der Waals surface area (Å²) in [6, 6.07) is 13.1. The molecule has 2 aromatic carbocycles. The van der Waals surface area contributed by atoms with E-state index in [0.29, 0.717) is 32.3 Å². The molecule has 0 N–H and O–H groups in total. The van der Waals surface area contributed by atoms with Crippen molar-refractivity contribution in [3.8, 4) is 17.1 Å². The van der Waals surface area contributed by atoms with Gasteiger partial charge in [0.15, 0.2) is 5.82 Å². The lowest BCUT2D eigenvalue weighted by molar-refractivity contribution is 0.414. The first-order chi connectivity index (χ1) is 12.1. The highest BCUT2D eigenvalue weighted by Crippen LogP contribution is 2.31. The molecule has 0 aliphatic rings. The zero-order chi connectivity index (χ0) is 17.8. The number of hydrogen-bond acceptors (Lipinski definition) is 5. The Kier molecular flexibility index (Phi) is 5.63. The van der Waals surface area contributed by atoms with Crippen LogP contribution in [-0.2, 0) is 0 Å². The molecule has 1 aromatic heterocycles. The lowest BCUT2D eigenvalue weighted by Gasteiger charge is -2.08. The number of rotatable bonds is 5. The number of methoxy groups -OCH3 is 1. The van der Waals surface area contributed by atoms with Crippen molar-refractivity contribution in [3.63, 3.8) is 0 Å². The molecule has 0 radical (unpaired) electrons. The van der Waals surface area contributed by atoms with Crippen LogP contribution in [0.4, 0.5) is 0 Å². The third-order valence-electron chi connectivity index (χ3n) is 3.38. The molecular weight excluding hydrogens is 379 g/mol. The van der Waals surface area contributed by atoms with E-state index in [4.69, 9.17) is 27.9 Å². The third kappa shape index (κ3) is 3.81. The summed E-state index contributed by atoms with van der Waals surface area (Å²) in [6.45, 7) is 0. The van der Waals surface area contributed by atoms with Gasteiger partial charge in [-0.2, -0.15) is 9.78 Å². The van der Waals surface area contributed by atoms with Gasteiger partial charge in [-0.1, -0.05) is 65.3 Å². The fourth-order valence-corrected chi connectivity index (χ4v) is 3.29. The Morgan fingerprint density at radius 3 is 2.60 bits per heavy atom. The van der Waals surface area contributed by atoms with Crippen LogP contribution in [0.3, 0.4) is 0 Å². The molecule has 0 amide bonds. The minimum atomic E-state index is 0.425. The molecule has 128 valence electrons. The topological polar surface area (TPSA) is 52.3 Å². The first kappa shape index (κ1) is 17.8. The van der Waals surface area contributed by atoms with Gasteiger partial charge < -0.3 is 4.74 Å². The predicted molar refractivity (Wildman–Crippen MR) is 103 cm³/mol. The van der Waals surface area contributed by atoms with Crippen molar-refractivity contribution in [2.75, 3.05) is 13.4 Å². The second kappa shape index (κ2) is 7.91. The quantitative estimate of drug-likeness (QED) is 0.459. The number of nitrogens with zero attached hydrogens (tertiary/aromatic N) is 4. The van der Waals surface area contributed by atoms with Gasteiger partial charge in [-0.05, 0) is 18.4 Å². The van der Waals surface area contributed by atoms with E-state index < -0.39 is 0 Å². The van der Waals surface area contributed by atoms with Crippen molar-refractivity contribution in [2.45, 2.75) is 5.16 Å². The van der Waals surface area contributed by atoms with Gasteiger partial charge >= 0.3 is 0 Å². The van der Waals surface area contributed by atoms with Crippen molar-refractivity contribution >= 4 is 41.2 Å². The Labute approximate surface area is 159 Å². The fourth-order valence-electron chi connectivity index (χ4n) is 2.28. The Bertz CT molecular complexity index is 913. The molecular formula is C17H14Cl2N4OS. The molecule has 0 aliphatic carbocycles. The van der Waals surface area contributed by atoms with Gasteiger partial charge in [0.25, 0.3) is 0 Å². The van der Waals surface area contributed by atoms with Crippen LogP contribution < -0.4 is 4.74 Å². The van der Waals surface area contributed by atoms with Gasteiger partial charge in [0.05, 0.1) is 18.3 Å². The number of ether oxygens (including phenoxy) is 1. The molecule has 25 heavy (non-hydrogen) atoms. The molecule has 5 nitrogen and oxygen atoms in total. The summed E-state index contributed by atoms with van der Waals surface area (Å²) in [5, 5.41) is 14.5. The summed E-state index contributed by atoms with van der Waals surface area (Å²) >= 11 is 13.7. The molecule has 8 heteroatoms. The minimum Gasteiger partial charge on any atom is -0.495 e. The van der Waals surface area contributed by atoms with Crippen LogP contribution in [0.2, 0.25) is 10.0 Å². The Balaban J connectivity index is 2.07. The SMILES string of the molecule is COc1c(Cl)cc(Cl)cc1C=Nn1c(SC)nnc1-c1ccccc1. The number of benzene rings is 2. The molecule has 0 saturated carbocycles. The largest absolute Gasteiger partial charge is 0.495 e. The predicted octanol–water partition coefficient (Wildman–Crippen LogP) is 4.86. The van der Waals surface area contributed by atoms with Gasteiger partial charge in [-0.25, -0.2) is 0 Å². The van der Waals surface area contributed by atoms with E-state index >= 15 is 0 Å². The summed E-state index contributed by atoms with van der Waals surface area (Å²) in [5.41, 5.74) is 1.59. The van der Waals surface area contributed by atoms with Crippen molar-refractivity contribution in [1.82, 2.24) is 14.9 Å². The smallest absolute Gasteiger partial charge is 0.212 e. The number of hydrogen-bond donors (Lipinski definition) is 0. The van der Waals surface area contributed by atoms with E-state index in [1.165, 1.54) is 11.8 Å². The van der Waals surface area contributed by atoms with E-state index in [1.54, 1.807) is 30.1 Å². The summed E-state index contributed by atoms with van der Waals surface area (Å²) in [6.07, 6.45) is 3.55. The lowest BCUT2D eigenvalue weighted by Crippen LogP contribution is -1.98. The first-order valence-electron chi connectivity index (χ1n) is 7.26. The average Bonchev–Trinajstić information content (AvgIpc) is 3.03. The highest BCUT2D eigenvalue weighted by atomic mass is 35.5. The normalized spacial score (nSPS) is 11.2. The molecule has 0 atom stereocenters. The Hall–Kier alpha value is -2.02. The Morgan fingerprint density at radius 2 is 1.92 bits per heavy atom. The maximum Gasteiger partial charge on any atom is 0.212 e. The van der Waals surface area contributed by atoms with Gasteiger partial charge in [-0.15, -0.1) is 10.2 Å². The average molecular weight is 393 g/mol. The molecule has 1 heterocycles. The second-order valence-electron chi connectivity index (χ2n) is 4.94. The van der Waals surface area contributed by atoms with E-state index in [0.717, 1.165) is 5.56 Å². The molecule has 0 saturated heterocycles. The van der Waals surface area contributed by atoms with Crippen LogP contribution in [0.25, 0.3) is 11.4 Å². The zero-order valence-corrected chi connectivity index (χ0v) is 15.8. The maximum atomic E-state index is 6.17. The summed E-state index contributed by atoms with van der Waals surface area (Å²) < 4.78 is 7.02. The van der Waals surface area contributed by atoms with E-state index in [2.05, 4.69) is 15.3 Å². The van der Waals surface area contributed by atoms with E-state index in [1.807, 2.05) is 36.6 Å². The van der Waals surface area contributed by atoms with Crippen LogP contribution >= 0.6 is 35.0 Å². The van der Waals surface area contributed by atoms with Crippen LogP contribution in [-0.4, -0.2) is 34.5 Å². The molecule has 0 unspecified atom stereocenters. The maximum absolute atomic E-state index is 6.17. The number of aromatic nitrogens is 3. The minimum absolute atomic E-state index is 0.425.